The van der Waals surface area contributed by atoms with Gasteiger partial charge in [-0.1, -0.05) is 13.8 Å². The lowest BCUT2D eigenvalue weighted by molar-refractivity contribution is 0.300. The van der Waals surface area contributed by atoms with Gasteiger partial charge in [0.1, 0.15) is 0 Å². The van der Waals surface area contributed by atoms with Gasteiger partial charge in [0.25, 0.3) is 0 Å². The minimum absolute atomic E-state index is 0.200. The summed E-state index contributed by atoms with van der Waals surface area (Å²) in [7, 11) is 0. The third kappa shape index (κ3) is 5.71. The lowest BCUT2D eigenvalue weighted by atomic mass is 10.3. The molecule has 0 amide bonds. The Balaban J connectivity index is 2.66. The Bertz CT molecular complexity index is 410. The van der Waals surface area contributed by atoms with Crippen molar-refractivity contribution in [3.8, 4) is 6.01 Å². The molecule has 1 aromatic rings. The lowest BCUT2D eigenvalue weighted by Crippen LogP contribution is -2.31. The smallest absolute Gasteiger partial charge is 0.323 e. The second kappa shape index (κ2) is 9.33. The van der Waals surface area contributed by atoms with Gasteiger partial charge in [0.2, 0.25) is 11.9 Å². The van der Waals surface area contributed by atoms with Gasteiger partial charge in [0, 0.05) is 13.1 Å². The lowest BCUT2D eigenvalue weighted by Gasteiger charge is -2.23. The van der Waals surface area contributed by atoms with Gasteiger partial charge in [-0.2, -0.15) is 15.0 Å². The van der Waals surface area contributed by atoms with E-state index in [1.54, 1.807) is 0 Å². The van der Waals surface area contributed by atoms with Crippen LogP contribution in [0.25, 0.3) is 0 Å². The van der Waals surface area contributed by atoms with E-state index in [9.17, 15) is 0 Å². The van der Waals surface area contributed by atoms with Crippen molar-refractivity contribution in [1.82, 2.24) is 19.9 Å². The van der Waals surface area contributed by atoms with Crippen LogP contribution in [0, 0.1) is 0 Å². The molecule has 0 radical (unpaired) electrons. The molecule has 0 aliphatic rings. The Labute approximate surface area is 127 Å². The third-order valence-corrected chi connectivity index (χ3v) is 3.36. The average Bonchev–Trinajstić information content (AvgIpc) is 2.47. The summed E-state index contributed by atoms with van der Waals surface area (Å²) in [4.78, 5) is 17.0. The van der Waals surface area contributed by atoms with E-state index in [1.807, 2.05) is 6.92 Å². The Morgan fingerprint density at radius 1 is 0.952 bits per heavy atom. The van der Waals surface area contributed by atoms with Crippen LogP contribution in [-0.4, -0.2) is 59.2 Å². The summed E-state index contributed by atoms with van der Waals surface area (Å²) < 4.78 is 5.32. The molecular weight excluding hydrogens is 268 g/mol. The predicted octanol–water partition coefficient (Wildman–Crippen LogP) is 1.41. The number of rotatable bonds is 10. The van der Waals surface area contributed by atoms with E-state index in [0.717, 1.165) is 39.1 Å². The minimum Gasteiger partial charge on any atom is -0.464 e. The van der Waals surface area contributed by atoms with Gasteiger partial charge in [-0.25, -0.2) is 0 Å². The van der Waals surface area contributed by atoms with Crippen LogP contribution >= 0.6 is 0 Å². The number of nitrogens with two attached hydrogens (primary N) is 1. The Morgan fingerprint density at radius 3 is 2.24 bits per heavy atom. The molecule has 0 saturated carbocycles. The fraction of sp³-hybridized carbons (Fsp3) is 0.786. The second-order valence-corrected chi connectivity index (χ2v) is 4.67. The molecule has 21 heavy (non-hydrogen) atoms. The van der Waals surface area contributed by atoms with E-state index >= 15 is 0 Å². The van der Waals surface area contributed by atoms with Crippen LogP contribution in [-0.2, 0) is 0 Å². The van der Waals surface area contributed by atoms with Gasteiger partial charge in [-0.05, 0) is 39.9 Å². The van der Waals surface area contributed by atoms with Crippen molar-refractivity contribution in [3.63, 3.8) is 0 Å². The van der Waals surface area contributed by atoms with Gasteiger partial charge in [-0.3, -0.25) is 0 Å². The summed E-state index contributed by atoms with van der Waals surface area (Å²) in [5.41, 5.74) is 5.73. The van der Waals surface area contributed by atoms with Gasteiger partial charge in [0.05, 0.1) is 6.61 Å². The Kier molecular flexibility index (Phi) is 7.74. The molecule has 0 aliphatic carbocycles. The first-order valence-corrected chi connectivity index (χ1v) is 7.76. The zero-order chi connectivity index (χ0) is 15.7. The molecule has 0 saturated heterocycles. The van der Waals surface area contributed by atoms with Crippen LogP contribution in [0.3, 0.4) is 0 Å². The van der Waals surface area contributed by atoms with Crippen LogP contribution in [0.4, 0.5) is 11.9 Å². The molecule has 0 aromatic carbocycles. The molecule has 120 valence electrons. The highest BCUT2D eigenvalue weighted by atomic mass is 16.5. The zero-order valence-electron chi connectivity index (χ0n) is 13.7. The first-order valence-electron chi connectivity index (χ1n) is 7.76. The quantitative estimate of drug-likeness (QED) is 0.699. The molecule has 0 spiro atoms. The molecule has 0 atom stereocenters. The molecule has 1 aromatic heterocycles. The summed E-state index contributed by atoms with van der Waals surface area (Å²) in [6.07, 6.45) is 1.06. The number of nitrogens with zero attached hydrogens (tertiary/aromatic N) is 5. The van der Waals surface area contributed by atoms with Crippen molar-refractivity contribution < 1.29 is 4.74 Å². The van der Waals surface area contributed by atoms with Gasteiger partial charge in [0.15, 0.2) is 0 Å². The fourth-order valence-electron chi connectivity index (χ4n) is 2.12. The zero-order valence-corrected chi connectivity index (χ0v) is 13.7. The van der Waals surface area contributed by atoms with Crippen LogP contribution < -0.4 is 15.4 Å². The van der Waals surface area contributed by atoms with E-state index in [-0.39, 0.29) is 5.95 Å². The van der Waals surface area contributed by atoms with Crippen molar-refractivity contribution in [3.05, 3.63) is 0 Å². The number of nitrogen functional groups attached to an aromatic ring is 1. The van der Waals surface area contributed by atoms with E-state index in [0.29, 0.717) is 18.6 Å². The first-order chi connectivity index (χ1) is 10.1. The summed E-state index contributed by atoms with van der Waals surface area (Å²) >= 11 is 0. The molecule has 0 aliphatic heterocycles. The summed E-state index contributed by atoms with van der Waals surface area (Å²) in [5, 5.41) is 0. The maximum Gasteiger partial charge on any atom is 0.323 e. The molecule has 0 fully saturated rings. The number of anilines is 2. The SMILES string of the molecule is CCOc1nc(N)nc(N(CC)CCCN(CC)CC)n1. The van der Waals surface area contributed by atoms with Crippen molar-refractivity contribution in [1.29, 1.82) is 0 Å². The molecule has 7 nitrogen and oxygen atoms in total. The molecule has 1 rings (SSSR count). The van der Waals surface area contributed by atoms with Crippen molar-refractivity contribution >= 4 is 11.9 Å². The van der Waals surface area contributed by atoms with Crippen molar-refractivity contribution in [2.24, 2.45) is 0 Å². The van der Waals surface area contributed by atoms with E-state index in [4.69, 9.17) is 10.5 Å². The largest absolute Gasteiger partial charge is 0.464 e. The normalized spacial score (nSPS) is 10.9. The Hall–Kier alpha value is -1.63. The van der Waals surface area contributed by atoms with Crippen LogP contribution in [0.5, 0.6) is 6.01 Å². The molecule has 0 bridgehead atoms. The molecule has 0 unspecified atom stereocenters. The number of aromatic nitrogens is 3. The first kappa shape index (κ1) is 17.4. The highest BCUT2D eigenvalue weighted by Crippen LogP contribution is 2.13. The standard InChI is InChI=1S/C14H28N6O/c1-5-19(6-2)10-9-11-20(7-3)13-16-12(15)17-14(18-13)21-8-4/h5-11H2,1-4H3,(H2,15,16,17,18). The maximum atomic E-state index is 5.73. The molecule has 2 N–H and O–H groups in total. The predicted molar refractivity (Wildman–Crippen MR) is 85.7 cm³/mol. The molecule has 7 heteroatoms. The highest BCUT2D eigenvalue weighted by molar-refractivity contribution is 5.35. The molecule has 1 heterocycles. The van der Waals surface area contributed by atoms with Gasteiger partial charge < -0.3 is 20.3 Å². The highest BCUT2D eigenvalue weighted by Gasteiger charge is 2.12. The fourth-order valence-corrected chi connectivity index (χ4v) is 2.12. The van der Waals surface area contributed by atoms with E-state index in [1.165, 1.54) is 0 Å². The third-order valence-electron chi connectivity index (χ3n) is 3.36. The number of ether oxygens (including phenoxy) is 1. The van der Waals surface area contributed by atoms with Crippen molar-refractivity contribution in [2.45, 2.75) is 34.1 Å². The number of hydrogen-bond donors (Lipinski definition) is 1. The summed E-state index contributed by atoms with van der Waals surface area (Å²) in [5.74, 6) is 0.790. The van der Waals surface area contributed by atoms with Crippen LogP contribution in [0.1, 0.15) is 34.1 Å². The van der Waals surface area contributed by atoms with Crippen molar-refractivity contribution in [2.75, 3.05) is 50.0 Å². The van der Waals surface area contributed by atoms with Crippen LogP contribution in [0.15, 0.2) is 0 Å². The second-order valence-electron chi connectivity index (χ2n) is 4.67. The number of hydrogen-bond acceptors (Lipinski definition) is 7. The van der Waals surface area contributed by atoms with E-state index in [2.05, 4.69) is 45.5 Å². The molecular formula is C14H28N6O. The Morgan fingerprint density at radius 2 is 1.67 bits per heavy atom. The topological polar surface area (TPSA) is 80.4 Å². The maximum absolute atomic E-state index is 5.73. The van der Waals surface area contributed by atoms with Gasteiger partial charge >= 0.3 is 6.01 Å². The monoisotopic (exact) mass is 296 g/mol. The minimum atomic E-state index is 0.200. The summed E-state index contributed by atoms with van der Waals surface area (Å²) in [6.45, 7) is 13.8. The average molecular weight is 296 g/mol. The van der Waals surface area contributed by atoms with Crippen LogP contribution in [0.2, 0.25) is 0 Å². The van der Waals surface area contributed by atoms with E-state index < -0.39 is 0 Å². The van der Waals surface area contributed by atoms with Gasteiger partial charge in [-0.15, -0.1) is 0 Å². The summed E-state index contributed by atoms with van der Waals surface area (Å²) in [6, 6.07) is 0.294.